The van der Waals surface area contributed by atoms with E-state index in [1.54, 1.807) is 0 Å². The molecule has 2 aromatic heterocycles. The first-order chi connectivity index (χ1) is 13.8. The lowest BCUT2D eigenvalue weighted by Crippen LogP contribution is -2.51. The van der Waals surface area contributed by atoms with Crippen LogP contribution in [0, 0.1) is 0 Å². The van der Waals surface area contributed by atoms with Gasteiger partial charge >= 0.3 is 5.56 Å². The number of nitrogens with zero attached hydrogens (tertiary/aromatic N) is 3. The fourth-order valence-corrected chi connectivity index (χ4v) is 5.16. The van der Waals surface area contributed by atoms with Crippen molar-refractivity contribution >= 4 is 27.5 Å². The van der Waals surface area contributed by atoms with Gasteiger partial charge in [0, 0.05) is 6.42 Å². The van der Waals surface area contributed by atoms with Crippen LogP contribution < -0.4 is 9.96 Å². The second-order valence-electron chi connectivity index (χ2n) is 9.42. The van der Waals surface area contributed by atoms with Gasteiger partial charge in [0.1, 0.15) is 5.52 Å². The molecule has 2 aromatic carbocycles. The molecule has 0 saturated carbocycles. The van der Waals surface area contributed by atoms with Crippen LogP contribution in [0.25, 0.3) is 27.5 Å². The van der Waals surface area contributed by atoms with Gasteiger partial charge in [-0.15, -0.1) is 4.98 Å². The molecule has 3 heterocycles. The molecule has 0 atom stereocenters. The quantitative estimate of drug-likeness (QED) is 0.371. The lowest BCUT2D eigenvalue weighted by atomic mass is 9.81. The second kappa shape index (κ2) is 5.88. The Hall–Kier alpha value is -2.75. The first-order valence-corrected chi connectivity index (χ1v) is 10.6. The van der Waals surface area contributed by atoms with Crippen LogP contribution in [-0.2, 0) is 17.4 Å². The largest absolute Gasteiger partial charge is 0.318 e. The summed E-state index contributed by atoms with van der Waals surface area (Å²) in [4.78, 5) is 19.0. The summed E-state index contributed by atoms with van der Waals surface area (Å²) in [6.07, 6.45) is 2.70. The van der Waals surface area contributed by atoms with Gasteiger partial charge in [0.05, 0.1) is 21.7 Å². The third-order valence-electron chi connectivity index (χ3n) is 6.77. The van der Waals surface area contributed by atoms with E-state index in [0.717, 1.165) is 52.5 Å². The summed E-state index contributed by atoms with van der Waals surface area (Å²) in [6, 6.07) is 14.4. The van der Waals surface area contributed by atoms with Crippen LogP contribution in [0.5, 0.6) is 0 Å². The highest BCUT2D eigenvalue weighted by molar-refractivity contribution is 5.95. The average Bonchev–Trinajstić information content (AvgIpc) is 2.72. The Morgan fingerprint density at radius 2 is 1.79 bits per heavy atom. The van der Waals surface area contributed by atoms with Gasteiger partial charge in [-0.3, -0.25) is 4.79 Å². The smallest absolute Gasteiger partial charge is 0.250 e. The molecule has 0 amide bonds. The Kier molecular flexibility index (Phi) is 3.71. The average molecular weight is 387 g/mol. The molecule has 0 fully saturated rings. The number of hydrogen-bond acceptors (Lipinski definition) is 2. The normalized spacial score (nSPS) is 15.6. The lowest BCUT2D eigenvalue weighted by Gasteiger charge is -2.36. The molecular formula is C25H28N3O+. The lowest BCUT2D eigenvalue weighted by molar-refractivity contribution is -0.505. The fourth-order valence-electron chi connectivity index (χ4n) is 5.16. The predicted molar refractivity (Wildman–Crippen MR) is 118 cm³/mol. The highest BCUT2D eigenvalue weighted by atomic mass is 16.1. The Bertz CT molecular complexity index is 1350. The summed E-state index contributed by atoms with van der Waals surface area (Å²) >= 11 is 0. The van der Waals surface area contributed by atoms with Crippen molar-refractivity contribution in [1.82, 2.24) is 9.55 Å². The zero-order valence-electron chi connectivity index (χ0n) is 17.9. The minimum absolute atomic E-state index is 0.117. The number of fused-ring (bicyclic) bond motifs is 2. The summed E-state index contributed by atoms with van der Waals surface area (Å²) < 4.78 is 4.38. The van der Waals surface area contributed by atoms with Crippen LogP contribution in [0.1, 0.15) is 58.8 Å². The zero-order valence-corrected chi connectivity index (χ0v) is 17.9. The minimum Gasteiger partial charge on any atom is -0.250 e. The van der Waals surface area contributed by atoms with Crippen molar-refractivity contribution < 1.29 is 4.40 Å². The van der Waals surface area contributed by atoms with Crippen molar-refractivity contribution in [2.75, 3.05) is 0 Å². The SMILES string of the molecule is CCC1(CC)Cc2cccc3nc(C(C)(C)C)[n+]4c5ccccc5c(=O)n1c4c23. The number of para-hydroxylation sites is 1. The maximum atomic E-state index is 13.9. The monoisotopic (exact) mass is 386 g/mol. The molecule has 4 heteroatoms. The van der Waals surface area contributed by atoms with Gasteiger partial charge in [0.25, 0.3) is 0 Å². The van der Waals surface area contributed by atoms with Crippen LogP contribution in [-0.4, -0.2) is 9.55 Å². The number of benzene rings is 2. The third-order valence-corrected chi connectivity index (χ3v) is 6.77. The number of hydrogen-bond donors (Lipinski definition) is 0. The highest BCUT2D eigenvalue weighted by Crippen LogP contribution is 2.39. The van der Waals surface area contributed by atoms with Gasteiger partial charge in [-0.25, -0.2) is 4.57 Å². The van der Waals surface area contributed by atoms with E-state index in [2.05, 4.69) is 67.9 Å². The first kappa shape index (κ1) is 18.3. The molecule has 29 heavy (non-hydrogen) atoms. The fraction of sp³-hybridized carbons (Fsp3) is 0.400. The Balaban J connectivity index is 2.22. The maximum Gasteiger partial charge on any atom is 0.318 e. The molecule has 0 bridgehead atoms. The van der Waals surface area contributed by atoms with Gasteiger partial charge < -0.3 is 0 Å². The van der Waals surface area contributed by atoms with Crippen molar-refractivity contribution in [3.8, 4) is 0 Å². The van der Waals surface area contributed by atoms with E-state index in [0.29, 0.717) is 0 Å². The first-order valence-electron chi connectivity index (χ1n) is 10.6. The van der Waals surface area contributed by atoms with Crippen molar-refractivity contribution in [3.63, 3.8) is 0 Å². The number of aromatic nitrogens is 3. The molecular weight excluding hydrogens is 358 g/mol. The van der Waals surface area contributed by atoms with Crippen LogP contribution >= 0.6 is 0 Å². The molecule has 0 radical (unpaired) electrons. The summed E-state index contributed by atoms with van der Waals surface area (Å²) in [7, 11) is 0. The molecule has 4 aromatic rings. The van der Waals surface area contributed by atoms with Crippen molar-refractivity contribution in [1.29, 1.82) is 0 Å². The van der Waals surface area contributed by atoms with Gasteiger partial charge in [-0.2, -0.15) is 4.40 Å². The van der Waals surface area contributed by atoms with Crippen LogP contribution in [0.2, 0.25) is 0 Å². The van der Waals surface area contributed by atoms with Crippen molar-refractivity contribution in [2.24, 2.45) is 0 Å². The molecule has 0 unspecified atom stereocenters. The van der Waals surface area contributed by atoms with E-state index >= 15 is 0 Å². The molecule has 0 spiro atoms. The molecule has 0 aliphatic carbocycles. The maximum absolute atomic E-state index is 13.9. The summed E-state index contributed by atoms with van der Waals surface area (Å²) in [6.45, 7) is 11.0. The van der Waals surface area contributed by atoms with Crippen molar-refractivity contribution in [3.05, 3.63) is 64.2 Å². The standard InChI is InChI=1S/C25H28N3O/c1-6-25(7-2)15-16-11-10-13-18-20(16)21-27(23(26-18)24(3,4)5)19-14-9-8-12-17(19)22(29)28(21)25/h8-14H,6-7,15H2,1-5H3/q+1. The highest BCUT2D eigenvalue weighted by Gasteiger charge is 2.43. The molecule has 4 nitrogen and oxygen atoms in total. The van der Waals surface area contributed by atoms with Gasteiger partial charge in [-0.1, -0.05) is 58.9 Å². The van der Waals surface area contributed by atoms with E-state index in [1.807, 2.05) is 18.2 Å². The molecule has 0 N–H and O–H groups in total. The third kappa shape index (κ3) is 2.29. The van der Waals surface area contributed by atoms with Gasteiger partial charge in [0.2, 0.25) is 11.5 Å². The Morgan fingerprint density at radius 1 is 1.07 bits per heavy atom. The second-order valence-corrected chi connectivity index (χ2v) is 9.42. The topological polar surface area (TPSA) is 39.0 Å². The molecule has 148 valence electrons. The van der Waals surface area contributed by atoms with E-state index in [1.165, 1.54) is 5.56 Å². The van der Waals surface area contributed by atoms with Crippen LogP contribution in [0.4, 0.5) is 0 Å². The molecule has 0 saturated heterocycles. The number of rotatable bonds is 2. The van der Waals surface area contributed by atoms with E-state index in [4.69, 9.17) is 4.98 Å². The summed E-state index contributed by atoms with van der Waals surface area (Å²) in [5.41, 5.74) is 3.96. The molecule has 1 aliphatic heterocycles. The van der Waals surface area contributed by atoms with E-state index < -0.39 is 0 Å². The van der Waals surface area contributed by atoms with E-state index in [-0.39, 0.29) is 16.5 Å². The molecule has 5 rings (SSSR count). The predicted octanol–water partition coefficient (Wildman–Crippen LogP) is 4.66. The Morgan fingerprint density at radius 3 is 2.48 bits per heavy atom. The van der Waals surface area contributed by atoms with Gasteiger partial charge in [0.15, 0.2) is 5.52 Å². The summed E-state index contributed by atoms with van der Waals surface area (Å²) in [5.74, 6) is 0.991. The van der Waals surface area contributed by atoms with Crippen LogP contribution in [0.15, 0.2) is 47.3 Å². The van der Waals surface area contributed by atoms with Gasteiger partial charge in [-0.05, 0) is 36.6 Å². The van der Waals surface area contributed by atoms with Crippen LogP contribution in [0.3, 0.4) is 0 Å². The Labute approximate surface area is 170 Å². The van der Waals surface area contributed by atoms with Crippen molar-refractivity contribution in [2.45, 2.75) is 64.8 Å². The molecule has 1 aliphatic rings. The minimum atomic E-state index is -0.218. The summed E-state index contributed by atoms with van der Waals surface area (Å²) in [5, 5.41) is 1.89. The van der Waals surface area contributed by atoms with E-state index in [9.17, 15) is 4.79 Å². The zero-order chi connectivity index (χ0) is 20.6.